The molecule has 0 spiro atoms. The van der Waals surface area contributed by atoms with Crippen LogP contribution < -0.4 is 10.1 Å². The highest BCUT2D eigenvalue weighted by Crippen LogP contribution is 2.12. The van der Waals surface area contributed by atoms with Gasteiger partial charge in [0.2, 0.25) is 0 Å². The van der Waals surface area contributed by atoms with Crippen LogP contribution in [0.5, 0.6) is 5.75 Å². The maximum Gasteiger partial charge on any atom is 0.119 e. The molecule has 0 aliphatic carbocycles. The molecule has 2 rings (SSSR count). The Labute approximate surface area is 120 Å². The van der Waals surface area contributed by atoms with E-state index in [-0.39, 0.29) is 0 Å². The second kappa shape index (κ2) is 6.91. The lowest BCUT2D eigenvalue weighted by atomic mass is 10.2. The smallest absolute Gasteiger partial charge is 0.119 e. The van der Waals surface area contributed by atoms with Crippen molar-refractivity contribution in [2.45, 2.75) is 20.0 Å². The van der Waals surface area contributed by atoms with Crippen LogP contribution in [-0.4, -0.2) is 16.4 Å². The number of aryl methyl sites for hydroxylation is 1. The molecule has 4 nitrogen and oxygen atoms in total. The zero-order valence-corrected chi connectivity index (χ0v) is 12.1. The summed E-state index contributed by atoms with van der Waals surface area (Å²) in [7, 11) is 1.96. The van der Waals surface area contributed by atoms with Gasteiger partial charge in [0.25, 0.3) is 0 Å². The summed E-state index contributed by atoms with van der Waals surface area (Å²) in [5.41, 5.74) is 3.67. The molecule has 0 atom stereocenters. The van der Waals surface area contributed by atoms with Gasteiger partial charge in [0.05, 0.1) is 6.20 Å². The van der Waals surface area contributed by atoms with Crippen molar-refractivity contribution in [3.63, 3.8) is 0 Å². The highest BCUT2D eigenvalue weighted by Gasteiger charge is 2.02. The monoisotopic (exact) mass is 271 g/mol. The zero-order valence-electron chi connectivity index (χ0n) is 12.1. The quantitative estimate of drug-likeness (QED) is 0.787. The van der Waals surface area contributed by atoms with E-state index in [2.05, 4.69) is 36.1 Å². The van der Waals surface area contributed by atoms with E-state index in [1.807, 2.05) is 30.1 Å². The van der Waals surface area contributed by atoms with E-state index in [4.69, 9.17) is 4.74 Å². The van der Waals surface area contributed by atoms with Crippen LogP contribution in [0.3, 0.4) is 0 Å². The van der Waals surface area contributed by atoms with Gasteiger partial charge in [0, 0.05) is 31.4 Å². The zero-order chi connectivity index (χ0) is 14.4. The number of hydrogen-bond acceptors (Lipinski definition) is 3. The minimum absolute atomic E-state index is 0.540. The minimum Gasteiger partial charge on any atom is -0.490 e. The van der Waals surface area contributed by atoms with Crippen LogP contribution in [0.1, 0.15) is 16.8 Å². The molecule has 1 aromatic carbocycles. The minimum atomic E-state index is 0.540. The molecule has 0 amide bonds. The molecule has 0 fully saturated rings. The Kier molecular flexibility index (Phi) is 4.96. The molecule has 1 heterocycles. The van der Waals surface area contributed by atoms with Crippen LogP contribution in [0.25, 0.3) is 0 Å². The van der Waals surface area contributed by atoms with E-state index in [1.165, 1.54) is 16.8 Å². The van der Waals surface area contributed by atoms with Crippen LogP contribution in [0.2, 0.25) is 0 Å². The van der Waals surface area contributed by atoms with Crippen molar-refractivity contribution < 1.29 is 4.74 Å². The SMILES string of the molecule is C=CCOc1ccc(CNCc2cnn(C)c2C)cc1. The maximum atomic E-state index is 5.45. The lowest BCUT2D eigenvalue weighted by Gasteiger charge is -2.07. The van der Waals surface area contributed by atoms with Crippen LogP contribution in [0.15, 0.2) is 43.1 Å². The lowest BCUT2D eigenvalue weighted by Crippen LogP contribution is -2.13. The normalized spacial score (nSPS) is 10.5. The molecule has 0 aliphatic rings. The van der Waals surface area contributed by atoms with E-state index >= 15 is 0 Å². The largest absolute Gasteiger partial charge is 0.490 e. The first-order valence-electron chi connectivity index (χ1n) is 6.71. The summed E-state index contributed by atoms with van der Waals surface area (Å²) in [5, 5.41) is 7.66. The van der Waals surface area contributed by atoms with Crippen molar-refractivity contribution >= 4 is 0 Å². The van der Waals surface area contributed by atoms with Gasteiger partial charge in [-0.15, -0.1) is 0 Å². The van der Waals surface area contributed by atoms with Crippen molar-refractivity contribution in [2.24, 2.45) is 7.05 Å². The first-order chi connectivity index (χ1) is 9.70. The predicted molar refractivity (Wildman–Crippen MR) is 80.6 cm³/mol. The first kappa shape index (κ1) is 14.3. The Morgan fingerprint density at radius 2 is 2.05 bits per heavy atom. The summed E-state index contributed by atoms with van der Waals surface area (Å²) in [5.74, 6) is 0.872. The molecule has 2 aromatic rings. The van der Waals surface area contributed by atoms with Crippen LogP contribution in [0.4, 0.5) is 0 Å². The van der Waals surface area contributed by atoms with Crippen molar-refractivity contribution in [2.75, 3.05) is 6.61 Å². The van der Waals surface area contributed by atoms with Gasteiger partial charge in [0.1, 0.15) is 12.4 Å². The Balaban J connectivity index is 1.82. The molecule has 20 heavy (non-hydrogen) atoms. The van der Waals surface area contributed by atoms with E-state index < -0.39 is 0 Å². The summed E-state index contributed by atoms with van der Waals surface area (Å²) >= 11 is 0. The summed E-state index contributed by atoms with van der Waals surface area (Å²) in [4.78, 5) is 0. The summed E-state index contributed by atoms with van der Waals surface area (Å²) in [6.45, 7) is 7.91. The van der Waals surface area contributed by atoms with Crippen molar-refractivity contribution in [1.82, 2.24) is 15.1 Å². The molecular weight excluding hydrogens is 250 g/mol. The second-order valence-electron chi connectivity index (χ2n) is 4.73. The molecule has 1 aromatic heterocycles. The Morgan fingerprint density at radius 3 is 2.65 bits per heavy atom. The predicted octanol–water partition coefficient (Wildman–Crippen LogP) is 2.58. The molecule has 4 heteroatoms. The fourth-order valence-corrected chi connectivity index (χ4v) is 1.92. The van der Waals surface area contributed by atoms with Gasteiger partial charge in [-0.1, -0.05) is 24.8 Å². The number of aromatic nitrogens is 2. The standard InChI is InChI=1S/C16H21N3O/c1-4-9-20-16-7-5-14(6-8-16)10-17-11-15-12-18-19(3)13(15)2/h4-8,12,17H,1,9-11H2,2-3H3. The van der Waals surface area contributed by atoms with E-state index in [0.29, 0.717) is 6.61 Å². The van der Waals surface area contributed by atoms with Crippen LogP contribution >= 0.6 is 0 Å². The number of nitrogens with one attached hydrogen (secondary N) is 1. The van der Waals surface area contributed by atoms with Gasteiger partial charge < -0.3 is 10.1 Å². The average molecular weight is 271 g/mol. The van der Waals surface area contributed by atoms with Gasteiger partial charge in [-0.2, -0.15) is 5.10 Å². The number of benzene rings is 1. The summed E-state index contributed by atoms with van der Waals surface area (Å²) in [6, 6.07) is 8.11. The summed E-state index contributed by atoms with van der Waals surface area (Å²) in [6.07, 6.45) is 3.65. The third-order valence-electron chi connectivity index (χ3n) is 3.27. The number of nitrogens with zero attached hydrogens (tertiary/aromatic N) is 2. The molecule has 1 N–H and O–H groups in total. The van der Waals surface area contributed by atoms with Crippen molar-refractivity contribution in [3.8, 4) is 5.75 Å². The first-order valence-corrected chi connectivity index (χ1v) is 6.71. The molecule has 0 unspecified atom stereocenters. The fraction of sp³-hybridized carbons (Fsp3) is 0.312. The number of hydrogen-bond donors (Lipinski definition) is 1. The van der Waals surface area contributed by atoms with Crippen molar-refractivity contribution in [1.29, 1.82) is 0 Å². The van der Waals surface area contributed by atoms with Gasteiger partial charge >= 0.3 is 0 Å². The molecular formula is C16H21N3O. The maximum absolute atomic E-state index is 5.45. The molecule has 0 radical (unpaired) electrons. The van der Waals surface area contributed by atoms with Crippen LogP contribution in [0, 0.1) is 6.92 Å². The van der Waals surface area contributed by atoms with Gasteiger partial charge in [-0.25, -0.2) is 0 Å². The molecule has 0 saturated heterocycles. The fourth-order valence-electron chi connectivity index (χ4n) is 1.92. The van der Waals surface area contributed by atoms with E-state index in [0.717, 1.165) is 18.8 Å². The van der Waals surface area contributed by atoms with Gasteiger partial charge in [0.15, 0.2) is 0 Å². The molecule has 0 aliphatic heterocycles. The van der Waals surface area contributed by atoms with Gasteiger partial charge in [-0.05, 0) is 24.6 Å². The Hall–Kier alpha value is -2.07. The summed E-state index contributed by atoms with van der Waals surface area (Å²) < 4.78 is 7.34. The number of ether oxygens (including phenoxy) is 1. The Bertz CT molecular complexity index is 558. The Morgan fingerprint density at radius 1 is 1.30 bits per heavy atom. The van der Waals surface area contributed by atoms with Crippen LogP contribution in [-0.2, 0) is 20.1 Å². The average Bonchev–Trinajstić information content (AvgIpc) is 2.78. The van der Waals surface area contributed by atoms with Crippen molar-refractivity contribution in [3.05, 3.63) is 59.9 Å². The van der Waals surface area contributed by atoms with Gasteiger partial charge in [-0.3, -0.25) is 4.68 Å². The second-order valence-corrected chi connectivity index (χ2v) is 4.73. The third kappa shape index (κ3) is 3.71. The van der Waals surface area contributed by atoms with E-state index in [1.54, 1.807) is 6.08 Å². The number of rotatable bonds is 7. The highest BCUT2D eigenvalue weighted by atomic mass is 16.5. The molecule has 0 saturated carbocycles. The topological polar surface area (TPSA) is 39.1 Å². The highest BCUT2D eigenvalue weighted by molar-refractivity contribution is 5.27. The molecule has 106 valence electrons. The lowest BCUT2D eigenvalue weighted by molar-refractivity contribution is 0.363. The third-order valence-corrected chi connectivity index (χ3v) is 3.27. The van der Waals surface area contributed by atoms with E-state index in [9.17, 15) is 0 Å². The molecule has 0 bridgehead atoms.